The van der Waals surface area contributed by atoms with Crippen molar-refractivity contribution < 1.29 is 14.0 Å². The van der Waals surface area contributed by atoms with Gasteiger partial charge in [0.1, 0.15) is 5.69 Å². The van der Waals surface area contributed by atoms with Gasteiger partial charge in [0.15, 0.2) is 23.2 Å². The van der Waals surface area contributed by atoms with Crippen LogP contribution in [0, 0.1) is 0 Å². The molecule has 2 aromatic carbocycles. The van der Waals surface area contributed by atoms with E-state index in [0.717, 1.165) is 23.2 Å². The second-order valence-electron chi connectivity index (χ2n) is 6.12. The van der Waals surface area contributed by atoms with E-state index in [1.165, 1.54) is 0 Å². The third kappa shape index (κ3) is 6.38. The molecule has 0 aliphatic rings. The fourth-order valence-corrected chi connectivity index (χ4v) is 2.72. The highest BCUT2D eigenvalue weighted by molar-refractivity contribution is 14.0. The summed E-state index contributed by atoms with van der Waals surface area (Å²) >= 11 is 0. The van der Waals surface area contributed by atoms with Gasteiger partial charge >= 0.3 is 0 Å². The molecule has 3 rings (SSSR count). The number of nitrogens with zero attached hydrogens (tertiary/aromatic N) is 2. The highest BCUT2D eigenvalue weighted by atomic mass is 127. The van der Waals surface area contributed by atoms with Crippen LogP contribution in [0.2, 0.25) is 0 Å². The highest BCUT2D eigenvalue weighted by Gasteiger charge is 2.06. The fourth-order valence-electron chi connectivity index (χ4n) is 2.72. The second-order valence-corrected chi connectivity index (χ2v) is 6.12. The van der Waals surface area contributed by atoms with Crippen molar-refractivity contribution in [2.45, 2.75) is 13.0 Å². The first kappa shape index (κ1) is 22.5. The number of halogens is 1. The molecular weight excluding hydrogens is 483 g/mol. The van der Waals surface area contributed by atoms with E-state index in [2.05, 4.69) is 15.5 Å². The quantitative estimate of drug-likeness (QED) is 0.274. The van der Waals surface area contributed by atoms with Crippen molar-refractivity contribution in [1.29, 1.82) is 0 Å². The molecule has 7 nitrogen and oxygen atoms in total. The van der Waals surface area contributed by atoms with Crippen LogP contribution in [-0.2, 0) is 13.0 Å². The van der Waals surface area contributed by atoms with Gasteiger partial charge in [0.2, 0.25) is 0 Å². The smallest absolute Gasteiger partial charge is 0.188 e. The van der Waals surface area contributed by atoms with E-state index in [4.69, 9.17) is 19.7 Å². The Morgan fingerprint density at radius 3 is 2.55 bits per heavy atom. The predicted molar refractivity (Wildman–Crippen MR) is 124 cm³/mol. The number of aliphatic imine (C=N–C) groups is 1. The van der Waals surface area contributed by atoms with E-state index in [1.54, 1.807) is 14.2 Å². The van der Waals surface area contributed by atoms with Gasteiger partial charge in [-0.1, -0.05) is 41.6 Å². The number of hydrogen-bond donors (Lipinski definition) is 2. The Morgan fingerprint density at radius 2 is 1.83 bits per heavy atom. The Hall–Kier alpha value is -2.75. The van der Waals surface area contributed by atoms with Crippen molar-refractivity contribution in [1.82, 2.24) is 10.5 Å². The normalized spacial score (nSPS) is 10.9. The largest absolute Gasteiger partial charge is 0.493 e. The molecule has 0 spiro atoms. The molecule has 0 bridgehead atoms. The zero-order chi connectivity index (χ0) is 19.8. The number of benzene rings is 2. The molecule has 0 fully saturated rings. The standard InChI is InChI=1S/C21H24N4O3.HI/c1-26-18-9-8-15(12-20(18)27-2)10-11-23-21(22)24-14-17-13-19(28-25-17)16-6-4-3-5-7-16;/h3-9,12-13H,10-11,14H2,1-2H3,(H3,22,23,24);1H. The van der Waals surface area contributed by atoms with Crippen LogP contribution in [0.5, 0.6) is 11.5 Å². The lowest BCUT2D eigenvalue weighted by Gasteiger charge is -2.10. The second kappa shape index (κ2) is 11.3. The summed E-state index contributed by atoms with van der Waals surface area (Å²) < 4.78 is 15.9. The Morgan fingerprint density at radius 1 is 1.07 bits per heavy atom. The van der Waals surface area contributed by atoms with E-state index in [9.17, 15) is 0 Å². The molecular formula is C21H25IN4O3. The van der Waals surface area contributed by atoms with Crippen LogP contribution in [0.15, 0.2) is 64.1 Å². The van der Waals surface area contributed by atoms with Crippen molar-refractivity contribution in [3.05, 3.63) is 65.9 Å². The Bertz CT molecular complexity index is 929. The van der Waals surface area contributed by atoms with Gasteiger partial charge in [-0.2, -0.15) is 0 Å². The Kier molecular flexibility index (Phi) is 8.78. The van der Waals surface area contributed by atoms with Gasteiger partial charge in [-0.25, -0.2) is 4.99 Å². The molecule has 0 atom stereocenters. The van der Waals surface area contributed by atoms with Crippen molar-refractivity contribution >= 4 is 29.9 Å². The fraction of sp³-hybridized carbons (Fsp3) is 0.238. The van der Waals surface area contributed by atoms with E-state index in [-0.39, 0.29) is 24.0 Å². The first-order valence-corrected chi connectivity index (χ1v) is 8.95. The molecule has 0 unspecified atom stereocenters. The molecule has 3 aromatic rings. The van der Waals surface area contributed by atoms with Crippen LogP contribution in [0.3, 0.4) is 0 Å². The average molecular weight is 508 g/mol. The molecule has 154 valence electrons. The van der Waals surface area contributed by atoms with Gasteiger partial charge in [0.05, 0.1) is 20.8 Å². The van der Waals surface area contributed by atoms with Crippen LogP contribution in [0.25, 0.3) is 11.3 Å². The van der Waals surface area contributed by atoms with Gasteiger partial charge < -0.3 is 25.0 Å². The number of guanidine groups is 1. The molecule has 3 N–H and O–H groups in total. The van der Waals surface area contributed by atoms with Crippen molar-refractivity contribution in [2.75, 3.05) is 20.8 Å². The van der Waals surface area contributed by atoms with Gasteiger partial charge in [-0.05, 0) is 24.1 Å². The lowest BCUT2D eigenvalue weighted by atomic mass is 10.1. The van der Waals surface area contributed by atoms with E-state index in [1.807, 2.05) is 54.6 Å². The first-order chi connectivity index (χ1) is 13.7. The van der Waals surface area contributed by atoms with Gasteiger partial charge in [0.25, 0.3) is 0 Å². The molecule has 0 radical (unpaired) electrons. The maximum atomic E-state index is 5.94. The maximum Gasteiger partial charge on any atom is 0.188 e. The number of ether oxygens (including phenoxy) is 2. The number of aromatic nitrogens is 1. The summed E-state index contributed by atoms with van der Waals surface area (Å²) in [4.78, 5) is 4.31. The van der Waals surface area contributed by atoms with Gasteiger partial charge in [-0.3, -0.25) is 0 Å². The van der Waals surface area contributed by atoms with Crippen molar-refractivity contribution in [3.8, 4) is 22.8 Å². The minimum absolute atomic E-state index is 0. The number of rotatable bonds is 8. The van der Waals surface area contributed by atoms with Crippen LogP contribution in [0.4, 0.5) is 0 Å². The SMILES string of the molecule is COc1ccc(CCNC(N)=NCc2cc(-c3ccccc3)on2)cc1OC.I. The molecule has 0 saturated heterocycles. The molecule has 1 heterocycles. The summed E-state index contributed by atoms with van der Waals surface area (Å²) in [5.41, 5.74) is 8.76. The number of hydrogen-bond acceptors (Lipinski definition) is 5. The first-order valence-electron chi connectivity index (χ1n) is 8.95. The summed E-state index contributed by atoms with van der Waals surface area (Å²) in [6.07, 6.45) is 0.776. The van der Waals surface area contributed by atoms with Crippen LogP contribution >= 0.6 is 24.0 Å². The number of nitrogens with two attached hydrogens (primary N) is 1. The lowest BCUT2D eigenvalue weighted by Crippen LogP contribution is -2.33. The third-order valence-electron chi connectivity index (χ3n) is 4.20. The lowest BCUT2D eigenvalue weighted by molar-refractivity contribution is 0.354. The van der Waals surface area contributed by atoms with Crippen LogP contribution in [0.1, 0.15) is 11.3 Å². The summed E-state index contributed by atoms with van der Waals surface area (Å²) in [6.45, 7) is 1.00. The number of methoxy groups -OCH3 is 2. The maximum absolute atomic E-state index is 5.94. The number of nitrogens with one attached hydrogen (secondary N) is 1. The zero-order valence-corrected chi connectivity index (χ0v) is 18.8. The minimum atomic E-state index is 0. The van der Waals surface area contributed by atoms with Gasteiger partial charge in [0, 0.05) is 18.2 Å². The molecule has 0 amide bonds. The van der Waals surface area contributed by atoms with Crippen molar-refractivity contribution in [3.63, 3.8) is 0 Å². The van der Waals surface area contributed by atoms with E-state index in [0.29, 0.717) is 36.3 Å². The molecule has 0 aliphatic carbocycles. The molecule has 1 aromatic heterocycles. The van der Waals surface area contributed by atoms with E-state index >= 15 is 0 Å². The monoisotopic (exact) mass is 508 g/mol. The summed E-state index contributed by atoms with van der Waals surface area (Å²) in [5, 5.41) is 7.14. The topological polar surface area (TPSA) is 94.9 Å². The van der Waals surface area contributed by atoms with E-state index < -0.39 is 0 Å². The highest BCUT2D eigenvalue weighted by Crippen LogP contribution is 2.27. The zero-order valence-electron chi connectivity index (χ0n) is 16.4. The van der Waals surface area contributed by atoms with Crippen LogP contribution < -0.4 is 20.5 Å². The van der Waals surface area contributed by atoms with Crippen LogP contribution in [-0.4, -0.2) is 31.9 Å². The summed E-state index contributed by atoms with van der Waals surface area (Å²) in [5.74, 6) is 2.50. The van der Waals surface area contributed by atoms with Crippen molar-refractivity contribution in [2.24, 2.45) is 10.7 Å². The molecule has 0 aliphatic heterocycles. The summed E-state index contributed by atoms with van der Waals surface area (Å²) in [6, 6.07) is 17.5. The van der Waals surface area contributed by atoms with Gasteiger partial charge in [-0.15, -0.1) is 24.0 Å². The Labute approximate surface area is 187 Å². The Balaban J connectivity index is 0.00000300. The average Bonchev–Trinajstić information content (AvgIpc) is 3.22. The minimum Gasteiger partial charge on any atom is -0.493 e. The molecule has 29 heavy (non-hydrogen) atoms. The third-order valence-corrected chi connectivity index (χ3v) is 4.20. The predicted octanol–water partition coefficient (Wildman–Crippen LogP) is 3.62. The molecule has 0 saturated carbocycles. The molecule has 8 heteroatoms. The summed E-state index contributed by atoms with van der Waals surface area (Å²) in [7, 11) is 3.24.